The number of carbonyl (C=O) groups is 1. The second-order valence-corrected chi connectivity index (χ2v) is 6.35. The number of carbonyl (C=O) groups excluding carboxylic acids is 1. The molecule has 5 nitrogen and oxygen atoms in total. The van der Waals surface area contributed by atoms with Crippen molar-refractivity contribution in [3.8, 4) is 0 Å². The third-order valence-electron chi connectivity index (χ3n) is 4.56. The van der Waals surface area contributed by atoms with Gasteiger partial charge < -0.3 is 10.2 Å². The SMILES string of the molecule is CCN(c1ccccc1)c1cncc(C(=O)Nc2cccc3cccnc23)c1. The van der Waals surface area contributed by atoms with Crippen LogP contribution in [0.15, 0.2) is 85.3 Å². The number of hydrogen-bond donors (Lipinski definition) is 1. The molecule has 1 amide bonds. The highest BCUT2D eigenvalue weighted by atomic mass is 16.1. The predicted molar refractivity (Wildman–Crippen MR) is 113 cm³/mol. The first kappa shape index (κ1) is 17.7. The Labute approximate surface area is 163 Å². The Balaban J connectivity index is 1.63. The summed E-state index contributed by atoms with van der Waals surface area (Å²) in [6, 6.07) is 21.5. The molecular weight excluding hydrogens is 348 g/mol. The largest absolute Gasteiger partial charge is 0.340 e. The van der Waals surface area contributed by atoms with Crippen molar-refractivity contribution in [2.75, 3.05) is 16.8 Å². The van der Waals surface area contributed by atoms with Crippen LogP contribution in [0.25, 0.3) is 10.9 Å². The summed E-state index contributed by atoms with van der Waals surface area (Å²) in [7, 11) is 0. The lowest BCUT2D eigenvalue weighted by atomic mass is 10.1. The molecule has 5 heteroatoms. The van der Waals surface area contributed by atoms with E-state index in [4.69, 9.17) is 0 Å². The molecule has 0 saturated heterocycles. The summed E-state index contributed by atoms with van der Waals surface area (Å²) in [6.45, 7) is 2.84. The number of nitrogens with one attached hydrogen (secondary N) is 1. The summed E-state index contributed by atoms with van der Waals surface area (Å²) in [5, 5.41) is 3.95. The van der Waals surface area contributed by atoms with E-state index in [0.29, 0.717) is 11.3 Å². The molecule has 0 radical (unpaired) electrons. The van der Waals surface area contributed by atoms with Crippen LogP contribution in [-0.4, -0.2) is 22.4 Å². The molecule has 0 saturated carbocycles. The number of hydrogen-bond acceptors (Lipinski definition) is 4. The Kier molecular flexibility index (Phi) is 4.97. The van der Waals surface area contributed by atoms with Crippen LogP contribution in [0.3, 0.4) is 0 Å². The van der Waals surface area contributed by atoms with Gasteiger partial charge in [-0.1, -0.05) is 36.4 Å². The van der Waals surface area contributed by atoms with Gasteiger partial charge in [0.25, 0.3) is 5.91 Å². The van der Waals surface area contributed by atoms with E-state index in [1.807, 2.05) is 66.7 Å². The molecule has 2 aromatic carbocycles. The maximum atomic E-state index is 12.9. The van der Waals surface area contributed by atoms with E-state index in [1.165, 1.54) is 0 Å². The van der Waals surface area contributed by atoms with Gasteiger partial charge in [0, 0.05) is 30.0 Å². The van der Waals surface area contributed by atoms with Crippen LogP contribution in [0.2, 0.25) is 0 Å². The average molecular weight is 368 g/mol. The zero-order valence-electron chi connectivity index (χ0n) is 15.5. The van der Waals surface area contributed by atoms with Crippen molar-refractivity contribution in [1.29, 1.82) is 0 Å². The van der Waals surface area contributed by atoms with E-state index in [-0.39, 0.29) is 5.91 Å². The Bertz CT molecular complexity index is 1110. The highest BCUT2D eigenvalue weighted by molar-refractivity contribution is 6.08. The number of nitrogens with zero attached hydrogens (tertiary/aromatic N) is 3. The van der Waals surface area contributed by atoms with Gasteiger partial charge in [-0.25, -0.2) is 0 Å². The fourth-order valence-corrected chi connectivity index (χ4v) is 3.22. The minimum atomic E-state index is -0.211. The van der Waals surface area contributed by atoms with Crippen LogP contribution >= 0.6 is 0 Å². The quantitative estimate of drug-likeness (QED) is 0.536. The molecule has 0 bridgehead atoms. The summed E-state index contributed by atoms with van der Waals surface area (Å²) >= 11 is 0. The molecule has 0 aliphatic heterocycles. The van der Waals surface area contributed by atoms with Crippen LogP contribution in [-0.2, 0) is 0 Å². The third-order valence-corrected chi connectivity index (χ3v) is 4.56. The predicted octanol–water partition coefficient (Wildman–Crippen LogP) is 5.04. The first-order valence-corrected chi connectivity index (χ1v) is 9.19. The lowest BCUT2D eigenvalue weighted by Crippen LogP contribution is -2.18. The molecular formula is C23H20N4O. The van der Waals surface area contributed by atoms with Crippen LogP contribution in [0.1, 0.15) is 17.3 Å². The molecule has 1 N–H and O–H groups in total. The van der Waals surface area contributed by atoms with Gasteiger partial charge in [-0.05, 0) is 37.3 Å². The van der Waals surface area contributed by atoms with Crippen molar-refractivity contribution in [3.63, 3.8) is 0 Å². The Hall–Kier alpha value is -3.73. The normalized spacial score (nSPS) is 10.6. The van der Waals surface area contributed by atoms with Gasteiger partial charge in [0.15, 0.2) is 0 Å². The van der Waals surface area contributed by atoms with Gasteiger partial charge >= 0.3 is 0 Å². The van der Waals surface area contributed by atoms with Crippen molar-refractivity contribution in [2.45, 2.75) is 6.92 Å². The molecule has 0 aliphatic carbocycles. The fraction of sp³-hybridized carbons (Fsp3) is 0.0870. The van der Waals surface area contributed by atoms with Crippen molar-refractivity contribution < 1.29 is 4.79 Å². The number of pyridine rings is 2. The van der Waals surface area contributed by atoms with Crippen molar-refractivity contribution >= 4 is 33.9 Å². The summed E-state index contributed by atoms with van der Waals surface area (Å²) in [5.41, 5.74) is 3.88. The molecule has 0 aliphatic rings. The van der Waals surface area contributed by atoms with Gasteiger partial charge in [-0.15, -0.1) is 0 Å². The number of fused-ring (bicyclic) bond motifs is 1. The Morgan fingerprint density at radius 3 is 2.61 bits per heavy atom. The number of anilines is 3. The molecule has 2 heterocycles. The van der Waals surface area contributed by atoms with Crippen LogP contribution in [0, 0.1) is 0 Å². The minimum Gasteiger partial charge on any atom is -0.340 e. The molecule has 4 rings (SSSR count). The number of amides is 1. The zero-order valence-corrected chi connectivity index (χ0v) is 15.5. The first-order valence-electron chi connectivity index (χ1n) is 9.19. The number of rotatable bonds is 5. The van der Waals surface area contributed by atoms with E-state index in [2.05, 4.69) is 27.1 Å². The highest BCUT2D eigenvalue weighted by Gasteiger charge is 2.13. The van der Waals surface area contributed by atoms with Crippen molar-refractivity contribution in [3.05, 3.63) is 90.9 Å². The standard InChI is InChI=1S/C23H20N4O/c1-2-27(19-10-4-3-5-11-19)20-14-18(15-24-16-20)23(28)26-21-12-6-8-17-9-7-13-25-22(17)21/h3-16H,2H2,1H3,(H,26,28). The monoisotopic (exact) mass is 368 g/mol. The van der Waals surface area contributed by atoms with Crippen LogP contribution in [0.4, 0.5) is 17.1 Å². The molecule has 0 unspecified atom stereocenters. The third kappa shape index (κ3) is 3.55. The second kappa shape index (κ2) is 7.88. The number of aromatic nitrogens is 2. The van der Waals surface area contributed by atoms with Crippen molar-refractivity contribution in [1.82, 2.24) is 9.97 Å². The fourth-order valence-electron chi connectivity index (χ4n) is 3.22. The maximum Gasteiger partial charge on any atom is 0.257 e. The molecule has 4 aromatic rings. The highest BCUT2D eigenvalue weighted by Crippen LogP contribution is 2.26. The summed E-state index contributed by atoms with van der Waals surface area (Å²) in [6.07, 6.45) is 5.07. The van der Waals surface area contributed by atoms with Gasteiger partial charge in [0.2, 0.25) is 0 Å². The molecule has 0 atom stereocenters. The first-order chi connectivity index (χ1) is 13.8. The average Bonchev–Trinajstić information content (AvgIpc) is 2.75. The summed E-state index contributed by atoms with van der Waals surface area (Å²) in [4.78, 5) is 23.6. The lowest BCUT2D eigenvalue weighted by Gasteiger charge is -2.23. The Morgan fingerprint density at radius 1 is 0.964 bits per heavy atom. The topological polar surface area (TPSA) is 58.1 Å². The van der Waals surface area contributed by atoms with E-state index in [0.717, 1.165) is 28.8 Å². The lowest BCUT2D eigenvalue weighted by molar-refractivity contribution is 0.102. The molecule has 138 valence electrons. The Morgan fingerprint density at radius 2 is 1.79 bits per heavy atom. The van der Waals surface area contributed by atoms with Crippen LogP contribution < -0.4 is 10.2 Å². The van der Waals surface area contributed by atoms with E-state index >= 15 is 0 Å². The van der Waals surface area contributed by atoms with Gasteiger partial charge in [0.1, 0.15) is 0 Å². The van der Waals surface area contributed by atoms with Crippen LogP contribution in [0.5, 0.6) is 0 Å². The number of para-hydroxylation sites is 2. The smallest absolute Gasteiger partial charge is 0.257 e. The second-order valence-electron chi connectivity index (χ2n) is 6.35. The van der Waals surface area contributed by atoms with Crippen molar-refractivity contribution in [2.24, 2.45) is 0 Å². The zero-order chi connectivity index (χ0) is 19.3. The minimum absolute atomic E-state index is 0.211. The van der Waals surface area contributed by atoms with Gasteiger partial charge in [0.05, 0.1) is 28.7 Å². The van der Waals surface area contributed by atoms with Gasteiger partial charge in [-0.3, -0.25) is 14.8 Å². The molecule has 0 fully saturated rings. The summed E-state index contributed by atoms with van der Waals surface area (Å²) < 4.78 is 0. The van der Waals surface area contributed by atoms with E-state index < -0.39 is 0 Å². The maximum absolute atomic E-state index is 12.9. The van der Waals surface area contributed by atoms with Gasteiger partial charge in [-0.2, -0.15) is 0 Å². The molecule has 28 heavy (non-hydrogen) atoms. The molecule has 2 aromatic heterocycles. The molecule has 0 spiro atoms. The number of benzene rings is 2. The van der Waals surface area contributed by atoms with E-state index in [9.17, 15) is 4.79 Å². The summed E-state index contributed by atoms with van der Waals surface area (Å²) in [5.74, 6) is -0.211. The van der Waals surface area contributed by atoms with E-state index in [1.54, 1.807) is 18.6 Å².